The van der Waals surface area contributed by atoms with Gasteiger partial charge in [-0.15, -0.1) is 24.0 Å². The van der Waals surface area contributed by atoms with Gasteiger partial charge < -0.3 is 16.0 Å². The molecule has 0 aliphatic carbocycles. The Labute approximate surface area is 176 Å². The molecule has 0 aromatic heterocycles. The third-order valence-corrected chi connectivity index (χ3v) is 5.05. The summed E-state index contributed by atoms with van der Waals surface area (Å²) in [7, 11) is 2.19. The van der Waals surface area contributed by atoms with Gasteiger partial charge >= 0.3 is 0 Å². The van der Waals surface area contributed by atoms with Crippen LogP contribution < -0.4 is 11.1 Å². The fraction of sp³-hybridized carbons (Fsp3) is 0.650. The first kappa shape index (κ1) is 23.2. The van der Waals surface area contributed by atoms with Crippen LogP contribution in [0.3, 0.4) is 0 Å². The van der Waals surface area contributed by atoms with Crippen LogP contribution in [0.5, 0.6) is 0 Å². The third-order valence-electron chi connectivity index (χ3n) is 5.05. The van der Waals surface area contributed by atoms with Crippen molar-refractivity contribution in [3.8, 4) is 0 Å². The molecular formula is C20H36IN5. The maximum Gasteiger partial charge on any atom is 0.193 e. The van der Waals surface area contributed by atoms with E-state index in [9.17, 15) is 0 Å². The summed E-state index contributed by atoms with van der Waals surface area (Å²) in [6.45, 7) is 14.1. The molecule has 0 amide bonds. The molecule has 0 radical (unpaired) electrons. The van der Waals surface area contributed by atoms with Crippen molar-refractivity contribution < 1.29 is 0 Å². The molecule has 1 aromatic carbocycles. The monoisotopic (exact) mass is 473 g/mol. The average Bonchev–Trinajstić information content (AvgIpc) is 2.56. The molecule has 1 aromatic rings. The molecule has 148 valence electrons. The van der Waals surface area contributed by atoms with Crippen molar-refractivity contribution >= 4 is 35.6 Å². The number of halogens is 1. The van der Waals surface area contributed by atoms with Gasteiger partial charge in [-0.05, 0) is 36.6 Å². The summed E-state index contributed by atoms with van der Waals surface area (Å²) in [5.74, 6) is 1.56. The van der Waals surface area contributed by atoms with Gasteiger partial charge in [-0.2, -0.15) is 0 Å². The summed E-state index contributed by atoms with van der Waals surface area (Å²) in [5.41, 5.74) is 8.45. The molecule has 0 spiro atoms. The van der Waals surface area contributed by atoms with Crippen LogP contribution in [-0.2, 0) is 0 Å². The van der Waals surface area contributed by atoms with Gasteiger partial charge in [0.1, 0.15) is 0 Å². The van der Waals surface area contributed by atoms with Gasteiger partial charge in [0, 0.05) is 37.9 Å². The van der Waals surface area contributed by atoms with E-state index in [-0.39, 0.29) is 24.0 Å². The van der Waals surface area contributed by atoms with Crippen LogP contribution in [0, 0.1) is 5.92 Å². The lowest BCUT2D eigenvalue weighted by molar-refractivity contribution is 0.0926. The molecule has 1 atom stereocenters. The Hall–Kier alpha value is -0.860. The van der Waals surface area contributed by atoms with E-state index in [1.807, 2.05) is 6.07 Å². The zero-order chi connectivity index (χ0) is 18.4. The number of guanidine groups is 1. The molecule has 0 saturated carbocycles. The Morgan fingerprint density at radius 3 is 2.38 bits per heavy atom. The number of rotatable bonds is 6. The largest absolute Gasteiger partial charge is 0.370 e. The van der Waals surface area contributed by atoms with Crippen molar-refractivity contribution in [3.63, 3.8) is 0 Å². The molecule has 1 saturated heterocycles. The van der Waals surface area contributed by atoms with E-state index in [0.29, 0.717) is 23.8 Å². The van der Waals surface area contributed by atoms with E-state index >= 15 is 0 Å². The molecule has 1 heterocycles. The first-order valence-electron chi connectivity index (χ1n) is 9.46. The van der Waals surface area contributed by atoms with Gasteiger partial charge in [0.2, 0.25) is 0 Å². The Kier molecular flexibility index (Phi) is 9.89. The molecule has 1 aliphatic heterocycles. The molecule has 5 nitrogen and oxygen atoms in total. The Balaban J connectivity index is 0.00000338. The van der Waals surface area contributed by atoms with Gasteiger partial charge in [0.25, 0.3) is 0 Å². The molecule has 1 aliphatic rings. The SMILES string of the molecule is CC(C)c1cccc(NC(N)=NCC(C(C)C)N2CCN(C)CC2)c1.I. The molecule has 6 heteroatoms. The number of likely N-dealkylation sites (N-methyl/N-ethyl adjacent to an activating group) is 1. The maximum absolute atomic E-state index is 6.14. The van der Waals surface area contributed by atoms with Gasteiger partial charge in [-0.25, -0.2) is 0 Å². The zero-order valence-corrected chi connectivity index (χ0v) is 19.2. The first-order chi connectivity index (χ1) is 11.9. The molecule has 1 fully saturated rings. The van der Waals surface area contributed by atoms with E-state index < -0.39 is 0 Å². The topological polar surface area (TPSA) is 56.9 Å². The normalized spacial score (nSPS) is 18.0. The second-order valence-electron chi connectivity index (χ2n) is 7.78. The van der Waals surface area contributed by atoms with Crippen LogP contribution in [0.15, 0.2) is 29.3 Å². The Morgan fingerprint density at radius 1 is 1.15 bits per heavy atom. The predicted molar refractivity (Wildman–Crippen MR) is 124 cm³/mol. The van der Waals surface area contributed by atoms with Gasteiger partial charge in [0.15, 0.2) is 5.96 Å². The number of nitrogens with zero attached hydrogens (tertiary/aromatic N) is 3. The second kappa shape index (κ2) is 11.1. The number of hydrogen-bond acceptors (Lipinski definition) is 3. The van der Waals surface area contributed by atoms with Crippen LogP contribution in [0.25, 0.3) is 0 Å². The molecule has 26 heavy (non-hydrogen) atoms. The lowest BCUT2D eigenvalue weighted by atomic mass is 10.0. The molecule has 3 N–H and O–H groups in total. The Bertz CT molecular complexity index is 565. The summed E-state index contributed by atoms with van der Waals surface area (Å²) >= 11 is 0. The van der Waals surface area contributed by atoms with Gasteiger partial charge in [-0.3, -0.25) is 9.89 Å². The van der Waals surface area contributed by atoms with Crippen molar-refractivity contribution in [2.45, 2.75) is 39.7 Å². The number of anilines is 1. The van der Waals surface area contributed by atoms with E-state index in [1.54, 1.807) is 0 Å². The average molecular weight is 473 g/mol. The van der Waals surface area contributed by atoms with Crippen molar-refractivity contribution in [3.05, 3.63) is 29.8 Å². The van der Waals surface area contributed by atoms with Crippen LogP contribution in [0.1, 0.15) is 39.2 Å². The lowest BCUT2D eigenvalue weighted by Crippen LogP contribution is -2.51. The van der Waals surface area contributed by atoms with Crippen molar-refractivity contribution in [1.82, 2.24) is 9.80 Å². The maximum atomic E-state index is 6.14. The summed E-state index contributed by atoms with van der Waals surface area (Å²) in [5, 5.41) is 3.24. The highest BCUT2D eigenvalue weighted by Gasteiger charge is 2.24. The highest BCUT2D eigenvalue weighted by Crippen LogP contribution is 2.18. The number of aliphatic imine (C=N–C) groups is 1. The van der Waals surface area contributed by atoms with Crippen LogP contribution in [0.4, 0.5) is 5.69 Å². The Morgan fingerprint density at radius 2 is 1.81 bits per heavy atom. The first-order valence-corrected chi connectivity index (χ1v) is 9.46. The number of piperazine rings is 1. The fourth-order valence-electron chi connectivity index (χ4n) is 3.26. The number of nitrogens with one attached hydrogen (secondary N) is 1. The molecule has 0 bridgehead atoms. The van der Waals surface area contributed by atoms with Crippen molar-refractivity contribution in [2.24, 2.45) is 16.6 Å². The second-order valence-corrected chi connectivity index (χ2v) is 7.78. The summed E-state index contributed by atoms with van der Waals surface area (Å²) < 4.78 is 0. The minimum Gasteiger partial charge on any atom is -0.370 e. The van der Waals surface area contributed by atoms with Crippen LogP contribution in [0.2, 0.25) is 0 Å². The smallest absolute Gasteiger partial charge is 0.193 e. The number of hydrogen-bond donors (Lipinski definition) is 2. The standard InChI is InChI=1S/C20H35N5.HI/c1-15(2)17-7-6-8-18(13-17)23-20(21)22-14-19(16(3)4)25-11-9-24(5)10-12-25;/h6-8,13,15-16,19H,9-12,14H2,1-5H3,(H3,21,22,23);1H. The van der Waals surface area contributed by atoms with E-state index in [4.69, 9.17) is 5.73 Å². The molecule has 2 rings (SSSR count). The van der Waals surface area contributed by atoms with E-state index in [0.717, 1.165) is 38.4 Å². The fourth-order valence-corrected chi connectivity index (χ4v) is 3.26. The highest BCUT2D eigenvalue weighted by atomic mass is 127. The van der Waals surface area contributed by atoms with E-state index in [1.165, 1.54) is 5.56 Å². The summed E-state index contributed by atoms with van der Waals surface area (Å²) in [6, 6.07) is 8.83. The lowest BCUT2D eigenvalue weighted by Gasteiger charge is -2.39. The highest BCUT2D eigenvalue weighted by molar-refractivity contribution is 14.0. The zero-order valence-electron chi connectivity index (χ0n) is 16.9. The minimum absolute atomic E-state index is 0. The summed E-state index contributed by atoms with van der Waals surface area (Å²) in [4.78, 5) is 9.58. The van der Waals surface area contributed by atoms with Gasteiger partial charge in [0.05, 0.1) is 6.54 Å². The van der Waals surface area contributed by atoms with Crippen LogP contribution in [-0.4, -0.2) is 61.6 Å². The van der Waals surface area contributed by atoms with Crippen molar-refractivity contribution in [2.75, 3.05) is 45.1 Å². The quantitative estimate of drug-likeness (QED) is 0.378. The molecular weight excluding hydrogens is 437 g/mol. The number of benzene rings is 1. The van der Waals surface area contributed by atoms with E-state index in [2.05, 4.69) is 73.1 Å². The van der Waals surface area contributed by atoms with Gasteiger partial charge in [-0.1, -0.05) is 39.8 Å². The third kappa shape index (κ3) is 7.04. The summed E-state index contributed by atoms with van der Waals surface area (Å²) in [6.07, 6.45) is 0. The van der Waals surface area contributed by atoms with Crippen LogP contribution >= 0.6 is 24.0 Å². The number of nitrogens with two attached hydrogens (primary N) is 1. The van der Waals surface area contributed by atoms with Crippen molar-refractivity contribution in [1.29, 1.82) is 0 Å². The molecule has 1 unspecified atom stereocenters. The minimum atomic E-state index is 0. The predicted octanol–water partition coefficient (Wildman–Crippen LogP) is 3.43.